The molecule has 220 valence electrons. The molecule has 0 aliphatic rings. The number of benzene rings is 6. The van der Waals surface area contributed by atoms with E-state index in [1.165, 1.54) is 0 Å². The van der Waals surface area contributed by atoms with Gasteiger partial charge in [0.15, 0.2) is 17.5 Å². The van der Waals surface area contributed by atoms with Crippen molar-refractivity contribution in [3.63, 3.8) is 0 Å². The number of furan rings is 1. The summed E-state index contributed by atoms with van der Waals surface area (Å²) in [6.07, 6.45) is 1.82. The molecule has 0 fully saturated rings. The van der Waals surface area contributed by atoms with E-state index in [2.05, 4.69) is 78.9 Å². The van der Waals surface area contributed by atoms with Crippen molar-refractivity contribution in [2.24, 2.45) is 0 Å². The van der Waals surface area contributed by atoms with E-state index in [1.54, 1.807) is 0 Å². The lowest BCUT2D eigenvalue weighted by molar-refractivity contribution is 0.668. The molecule has 0 aliphatic heterocycles. The summed E-state index contributed by atoms with van der Waals surface area (Å²) in [5.74, 6) is 1.89. The van der Waals surface area contributed by atoms with Gasteiger partial charge in [0.25, 0.3) is 0 Å². The smallest absolute Gasteiger partial charge is 0.164 e. The minimum absolute atomic E-state index is 0.619. The van der Waals surface area contributed by atoms with Gasteiger partial charge in [-0.1, -0.05) is 127 Å². The van der Waals surface area contributed by atoms with Crippen LogP contribution in [0.5, 0.6) is 0 Å². The average Bonchev–Trinajstić information content (AvgIpc) is 3.54. The molecule has 0 atom stereocenters. The van der Waals surface area contributed by atoms with Crippen LogP contribution in [0, 0.1) is 0 Å². The fourth-order valence-corrected chi connectivity index (χ4v) is 6.37. The maximum absolute atomic E-state index is 6.43. The number of rotatable bonds is 5. The van der Waals surface area contributed by atoms with Gasteiger partial charge in [0.1, 0.15) is 11.2 Å². The minimum atomic E-state index is 0.619. The van der Waals surface area contributed by atoms with Gasteiger partial charge in [-0.3, -0.25) is 4.98 Å². The minimum Gasteiger partial charge on any atom is -0.456 e. The van der Waals surface area contributed by atoms with E-state index in [1.807, 2.05) is 79.0 Å². The summed E-state index contributed by atoms with van der Waals surface area (Å²) in [4.78, 5) is 19.9. The highest BCUT2D eigenvalue weighted by Crippen LogP contribution is 2.41. The Morgan fingerprint density at radius 2 is 0.936 bits per heavy atom. The summed E-state index contributed by atoms with van der Waals surface area (Å²) < 4.78 is 6.43. The molecule has 0 saturated carbocycles. The number of pyridine rings is 1. The van der Waals surface area contributed by atoms with Crippen molar-refractivity contribution >= 4 is 32.7 Å². The first-order chi connectivity index (χ1) is 23.3. The van der Waals surface area contributed by atoms with Crippen LogP contribution in [0.3, 0.4) is 0 Å². The number of nitrogens with zero attached hydrogens (tertiary/aromatic N) is 4. The largest absolute Gasteiger partial charge is 0.456 e. The quantitative estimate of drug-likeness (QED) is 0.196. The number of hydrogen-bond acceptors (Lipinski definition) is 5. The maximum Gasteiger partial charge on any atom is 0.164 e. The van der Waals surface area contributed by atoms with Gasteiger partial charge in [0.2, 0.25) is 0 Å². The lowest BCUT2D eigenvalue weighted by Crippen LogP contribution is -2.00. The predicted octanol–water partition coefficient (Wildman–Crippen LogP) is 10.7. The van der Waals surface area contributed by atoms with E-state index in [-0.39, 0.29) is 0 Å². The Balaban J connectivity index is 1.23. The fourth-order valence-electron chi connectivity index (χ4n) is 6.37. The lowest BCUT2D eigenvalue weighted by atomic mass is 9.95. The van der Waals surface area contributed by atoms with Gasteiger partial charge >= 0.3 is 0 Å². The van der Waals surface area contributed by atoms with E-state index in [9.17, 15) is 0 Å². The van der Waals surface area contributed by atoms with Crippen LogP contribution >= 0.6 is 0 Å². The second-order valence-electron chi connectivity index (χ2n) is 11.5. The van der Waals surface area contributed by atoms with Crippen LogP contribution in [-0.2, 0) is 0 Å². The molecule has 3 aromatic heterocycles. The second kappa shape index (κ2) is 11.2. The molecule has 9 rings (SSSR count). The summed E-state index contributed by atoms with van der Waals surface area (Å²) in [5, 5.41) is 4.13. The molecule has 5 nitrogen and oxygen atoms in total. The molecule has 47 heavy (non-hydrogen) atoms. The topological polar surface area (TPSA) is 64.7 Å². The Bertz CT molecular complexity index is 2500. The number of hydrogen-bond donors (Lipinski definition) is 0. The predicted molar refractivity (Wildman–Crippen MR) is 190 cm³/mol. The van der Waals surface area contributed by atoms with Crippen LogP contribution in [0.2, 0.25) is 0 Å². The van der Waals surface area contributed by atoms with Crippen LogP contribution in [0.25, 0.3) is 89.3 Å². The number of aromatic nitrogens is 4. The second-order valence-corrected chi connectivity index (χ2v) is 11.5. The Morgan fingerprint density at radius 1 is 0.383 bits per heavy atom. The summed E-state index contributed by atoms with van der Waals surface area (Å²) >= 11 is 0. The normalized spacial score (nSPS) is 11.4. The maximum atomic E-state index is 6.43. The van der Waals surface area contributed by atoms with Crippen LogP contribution in [0.4, 0.5) is 0 Å². The standard InChI is InChI=1S/C42H26N4O/c1-4-12-27(13-5-1)30-20-21-35-37(26-30)47-36-24-25-43-39(38(35)36)33-22-23-34(32-19-11-10-18-31(32)33)42-45-40(28-14-6-2-7-15-28)44-41(46-42)29-16-8-3-9-17-29/h1-26H. The Labute approximate surface area is 270 Å². The fraction of sp³-hybridized carbons (Fsp3) is 0. The number of fused-ring (bicyclic) bond motifs is 4. The van der Waals surface area contributed by atoms with Crippen molar-refractivity contribution in [3.8, 4) is 56.5 Å². The van der Waals surface area contributed by atoms with Gasteiger partial charge < -0.3 is 4.42 Å². The van der Waals surface area contributed by atoms with Crippen molar-refractivity contribution in [1.82, 2.24) is 19.9 Å². The molecule has 0 amide bonds. The average molecular weight is 603 g/mol. The molecule has 0 radical (unpaired) electrons. The molecule has 0 bridgehead atoms. The van der Waals surface area contributed by atoms with Crippen molar-refractivity contribution in [2.45, 2.75) is 0 Å². The van der Waals surface area contributed by atoms with Crippen LogP contribution < -0.4 is 0 Å². The molecule has 0 saturated heterocycles. The first kappa shape index (κ1) is 26.9. The van der Waals surface area contributed by atoms with Crippen LogP contribution in [0.1, 0.15) is 0 Å². The van der Waals surface area contributed by atoms with Crippen LogP contribution in [0.15, 0.2) is 162 Å². The molecule has 0 unspecified atom stereocenters. The van der Waals surface area contributed by atoms with Gasteiger partial charge in [-0.2, -0.15) is 0 Å². The van der Waals surface area contributed by atoms with Gasteiger partial charge in [-0.25, -0.2) is 15.0 Å². The highest BCUT2D eigenvalue weighted by molar-refractivity contribution is 6.15. The van der Waals surface area contributed by atoms with Crippen molar-refractivity contribution in [3.05, 3.63) is 158 Å². The molecular formula is C42H26N4O. The zero-order chi connectivity index (χ0) is 31.2. The van der Waals surface area contributed by atoms with Crippen LogP contribution in [-0.4, -0.2) is 19.9 Å². The lowest BCUT2D eigenvalue weighted by Gasteiger charge is -2.13. The third-order valence-electron chi connectivity index (χ3n) is 8.61. The Hall–Kier alpha value is -6.46. The third kappa shape index (κ3) is 4.73. The van der Waals surface area contributed by atoms with Gasteiger partial charge in [-0.05, 0) is 46.2 Å². The molecular weight excluding hydrogens is 576 g/mol. The first-order valence-corrected chi connectivity index (χ1v) is 15.6. The van der Waals surface area contributed by atoms with E-state index in [0.29, 0.717) is 17.5 Å². The van der Waals surface area contributed by atoms with Crippen molar-refractivity contribution in [1.29, 1.82) is 0 Å². The summed E-state index contributed by atoms with van der Waals surface area (Å²) in [7, 11) is 0. The van der Waals surface area contributed by atoms with Gasteiger partial charge in [-0.15, -0.1) is 0 Å². The Kier molecular flexibility index (Phi) is 6.39. The van der Waals surface area contributed by atoms with E-state index >= 15 is 0 Å². The van der Waals surface area contributed by atoms with E-state index in [0.717, 1.165) is 71.8 Å². The third-order valence-corrected chi connectivity index (χ3v) is 8.61. The summed E-state index contributed by atoms with van der Waals surface area (Å²) in [6.45, 7) is 0. The molecule has 0 spiro atoms. The highest BCUT2D eigenvalue weighted by Gasteiger charge is 2.19. The Morgan fingerprint density at radius 3 is 1.60 bits per heavy atom. The van der Waals surface area contributed by atoms with Crippen molar-refractivity contribution in [2.75, 3.05) is 0 Å². The SMILES string of the molecule is c1ccc(-c2ccc3c(c2)oc2ccnc(-c4ccc(-c5nc(-c6ccccc6)nc(-c6ccccc6)n5)c5ccccc45)c23)cc1. The molecule has 6 aromatic carbocycles. The highest BCUT2D eigenvalue weighted by atomic mass is 16.3. The van der Waals surface area contributed by atoms with Crippen molar-refractivity contribution < 1.29 is 4.42 Å². The summed E-state index contributed by atoms with van der Waals surface area (Å²) in [5.41, 5.74) is 8.61. The summed E-state index contributed by atoms with van der Waals surface area (Å²) in [6, 6.07) is 51.4. The molecule has 3 heterocycles. The molecule has 5 heteroatoms. The van der Waals surface area contributed by atoms with Gasteiger partial charge in [0, 0.05) is 33.8 Å². The molecule has 0 N–H and O–H groups in total. The molecule has 9 aromatic rings. The molecule has 0 aliphatic carbocycles. The first-order valence-electron chi connectivity index (χ1n) is 15.6. The monoisotopic (exact) mass is 602 g/mol. The van der Waals surface area contributed by atoms with Gasteiger partial charge in [0.05, 0.1) is 11.1 Å². The zero-order valence-corrected chi connectivity index (χ0v) is 25.2. The van der Waals surface area contributed by atoms with E-state index < -0.39 is 0 Å². The van der Waals surface area contributed by atoms with E-state index in [4.69, 9.17) is 24.4 Å². The zero-order valence-electron chi connectivity index (χ0n) is 25.2.